The predicted octanol–water partition coefficient (Wildman–Crippen LogP) is 0.714. The van der Waals surface area contributed by atoms with Gasteiger partial charge in [-0.15, -0.1) is 0 Å². The van der Waals surface area contributed by atoms with E-state index in [1.165, 1.54) is 13.8 Å². The zero-order valence-electron chi connectivity index (χ0n) is 16.2. The van der Waals surface area contributed by atoms with E-state index in [0.717, 1.165) is 11.1 Å². The van der Waals surface area contributed by atoms with Crippen molar-refractivity contribution < 1.29 is 27.5 Å². The van der Waals surface area contributed by atoms with Gasteiger partial charge in [0.05, 0.1) is 4.90 Å². The fourth-order valence-electron chi connectivity index (χ4n) is 2.48. The molecule has 2 atom stereocenters. The van der Waals surface area contributed by atoms with Crippen molar-refractivity contribution in [1.29, 1.82) is 0 Å². The number of hydrogen-bond donors (Lipinski definition) is 3. The third-order valence-corrected chi connectivity index (χ3v) is 5.97. The monoisotopic (exact) mass is 399 g/mol. The Balaban J connectivity index is 2.99. The molecule has 0 unspecified atom stereocenters. The van der Waals surface area contributed by atoms with Gasteiger partial charge in [-0.2, -0.15) is 4.72 Å². The van der Waals surface area contributed by atoms with Gasteiger partial charge < -0.3 is 10.5 Å². The summed E-state index contributed by atoms with van der Waals surface area (Å²) in [6, 6.07) is -0.448. The van der Waals surface area contributed by atoms with Gasteiger partial charge in [-0.05, 0) is 63.8 Å². The number of sulfonamides is 1. The highest BCUT2D eigenvalue weighted by Crippen LogP contribution is 2.26. The summed E-state index contributed by atoms with van der Waals surface area (Å²) >= 11 is 0. The molecule has 4 N–H and O–H groups in total. The summed E-state index contributed by atoms with van der Waals surface area (Å²) in [7, 11) is -4.01. The number of primary amides is 1. The summed E-state index contributed by atoms with van der Waals surface area (Å²) in [5, 5.41) is 1.77. The van der Waals surface area contributed by atoms with E-state index in [9.17, 15) is 22.8 Å². The molecule has 0 fully saturated rings. The number of hydrogen-bond acceptors (Lipinski definition) is 6. The lowest BCUT2D eigenvalue weighted by Crippen LogP contribution is -2.45. The van der Waals surface area contributed by atoms with E-state index in [1.54, 1.807) is 33.0 Å². The van der Waals surface area contributed by atoms with Gasteiger partial charge in [-0.25, -0.2) is 13.2 Å². The number of urea groups is 1. The maximum Gasteiger partial charge on any atom is 0.324 e. The Morgan fingerprint density at radius 1 is 1.04 bits per heavy atom. The Labute approximate surface area is 158 Å². The SMILES string of the molecule is Cc1cc(C)c(C)c(S(=O)(=O)N[C@@H](C)C(=O)O[C@@H](C)C(=O)NC(N)=O)c1C. The van der Waals surface area contributed by atoms with Crippen LogP contribution >= 0.6 is 0 Å². The first-order valence-electron chi connectivity index (χ1n) is 8.18. The Morgan fingerprint density at radius 3 is 1.96 bits per heavy atom. The minimum atomic E-state index is -4.01. The molecule has 9 nitrogen and oxygen atoms in total. The lowest BCUT2D eigenvalue weighted by molar-refractivity contribution is -0.155. The smallest absolute Gasteiger partial charge is 0.324 e. The third-order valence-electron chi connectivity index (χ3n) is 4.16. The van der Waals surface area contributed by atoms with E-state index in [0.29, 0.717) is 11.1 Å². The van der Waals surface area contributed by atoms with Crippen molar-refractivity contribution in [3.05, 3.63) is 28.3 Å². The topological polar surface area (TPSA) is 145 Å². The van der Waals surface area contributed by atoms with E-state index in [4.69, 9.17) is 10.5 Å². The molecular weight excluding hydrogens is 374 g/mol. The van der Waals surface area contributed by atoms with Crippen LogP contribution < -0.4 is 15.8 Å². The van der Waals surface area contributed by atoms with Gasteiger partial charge in [0, 0.05) is 0 Å². The molecular formula is C17H25N3O6S. The van der Waals surface area contributed by atoms with Crippen molar-refractivity contribution in [2.45, 2.75) is 58.6 Å². The van der Waals surface area contributed by atoms with E-state index >= 15 is 0 Å². The number of carbonyl (C=O) groups excluding carboxylic acids is 3. The molecule has 1 aromatic rings. The summed E-state index contributed by atoms with van der Waals surface area (Å²) in [6.45, 7) is 9.52. The number of esters is 1. The van der Waals surface area contributed by atoms with Crippen LogP contribution in [-0.2, 0) is 24.3 Å². The second-order valence-corrected chi connectivity index (χ2v) is 8.02. The molecule has 1 rings (SSSR count). The summed E-state index contributed by atoms with van der Waals surface area (Å²) in [5.41, 5.74) is 7.61. The van der Waals surface area contributed by atoms with Crippen molar-refractivity contribution in [3.8, 4) is 0 Å². The maximum atomic E-state index is 12.8. The molecule has 0 heterocycles. The van der Waals surface area contributed by atoms with Crippen LogP contribution in [-0.4, -0.2) is 38.5 Å². The summed E-state index contributed by atoms with van der Waals surface area (Å²) < 4.78 is 32.7. The molecule has 0 saturated heterocycles. The minimum Gasteiger partial charge on any atom is -0.451 e. The number of imide groups is 1. The first-order valence-corrected chi connectivity index (χ1v) is 9.66. The fraction of sp³-hybridized carbons (Fsp3) is 0.471. The second kappa shape index (κ2) is 8.49. The maximum absolute atomic E-state index is 12.8. The Kier molecular flexibility index (Phi) is 7.10. The Hall–Kier alpha value is -2.46. The normalized spacial score (nSPS) is 13.6. The van der Waals surface area contributed by atoms with Crippen molar-refractivity contribution >= 4 is 27.9 Å². The summed E-state index contributed by atoms with van der Waals surface area (Å²) in [5.74, 6) is -1.88. The van der Waals surface area contributed by atoms with Gasteiger partial charge in [0.2, 0.25) is 10.0 Å². The van der Waals surface area contributed by atoms with Gasteiger partial charge in [0.1, 0.15) is 6.04 Å². The number of nitrogens with two attached hydrogens (primary N) is 1. The van der Waals surface area contributed by atoms with Crippen molar-refractivity contribution in [2.24, 2.45) is 5.73 Å². The number of carbonyl (C=O) groups is 3. The molecule has 10 heteroatoms. The molecule has 0 bridgehead atoms. The zero-order chi connectivity index (χ0) is 21.1. The molecule has 0 radical (unpaired) electrons. The number of amides is 3. The molecule has 0 spiro atoms. The molecule has 0 aliphatic heterocycles. The average molecular weight is 399 g/mol. The largest absolute Gasteiger partial charge is 0.451 e. The van der Waals surface area contributed by atoms with Crippen molar-refractivity contribution in [3.63, 3.8) is 0 Å². The second-order valence-electron chi connectivity index (χ2n) is 6.37. The first-order chi connectivity index (χ1) is 12.3. The highest BCUT2D eigenvalue weighted by Gasteiger charge is 2.29. The van der Waals surface area contributed by atoms with Crippen LogP contribution in [0, 0.1) is 27.7 Å². The molecule has 3 amide bonds. The van der Waals surface area contributed by atoms with Crippen molar-refractivity contribution in [2.75, 3.05) is 0 Å². The third kappa shape index (κ3) is 5.51. The minimum absolute atomic E-state index is 0.110. The highest BCUT2D eigenvalue weighted by molar-refractivity contribution is 7.89. The Bertz CT molecular complexity index is 853. The van der Waals surface area contributed by atoms with E-state index in [-0.39, 0.29) is 4.90 Å². The first kappa shape index (κ1) is 22.6. The summed E-state index contributed by atoms with van der Waals surface area (Å²) in [4.78, 5) is 34.4. The lowest BCUT2D eigenvalue weighted by atomic mass is 10.0. The summed E-state index contributed by atoms with van der Waals surface area (Å²) in [6.07, 6.45) is -1.32. The molecule has 0 aliphatic rings. The standard InChI is InChI=1S/C17H25N3O6S/c1-8-7-9(2)11(4)14(10(8)3)27(24,25)20-12(5)16(22)26-13(6)15(21)19-17(18)23/h7,12-13,20H,1-6H3,(H3,18,19,21,23)/t12-,13-/m0/s1. The number of aryl methyl sites for hydroxylation is 2. The van der Waals surface area contributed by atoms with Crippen LogP contribution in [0.15, 0.2) is 11.0 Å². The number of rotatable bonds is 6. The van der Waals surface area contributed by atoms with Crippen LogP contribution in [0.25, 0.3) is 0 Å². The van der Waals surface area contributed by atoms with Crippen LogP contribution in [0.4, 0.5) is 4.79 Å². The van der Waals surface area contributed by atoms with Gasteiger partial charge in [0.15, 0.2) is 6.10 Å². The molecule has 1 aromatic carbocycles. The Morgan fingerprint density at radius 2 is 1.52 bits per heavy atom. The average Bonchev–Trinajstić information content (AvgIpc) is 2.51. The quantitative estimate of drug-likeness (QED) is 0.601. The number of benzene rings is 1. The van der Waals surface area contributed by atoms with E-state index < -0.39 is 40.1 Å². The zero-order valence-corrected chi connectivity index (χ0v) is 17.0. The number of nitrogens with one attached hydrogen (secondary N) is 2. The van der Waals surface area contributed by atoms with Gasteiger partial charge in [-0.3, -0.25) is 14.9 Å². The molecule has 0 aliphatic carbocycles. The van der Waals surface area contributed by atoms with Gasteiger partial charge >= 0.3 is 12.0 Å². The lowest BCUT2D eigenvalue weighted by Gasteiger charge is -2.20. The van der Waals surface area contributed by atoms with Crippen LogP contribution in [0.2, 0.25) is 0 Å². The predicted molar refractivity (Wildman–Crippen MR) is 98.5 cm³/mol. The van der Waals surface area contributed by atoms with Gasteiger partial charge in [0.25, 0.3) is 5.91 Å². The number of ether oxygens (including phenoxy) is 1. The fourth-order valence-corrected chi connectivity index (χ4v) is 4.28. The van der Waals surface area contributed by atoms with E-state index in [1.807, 2.05) is 6.07 Å². The van der Waals surface area contributed by atoms with Crippen LogP contribution in [0.1, 0.15) is 36.1 Å². The molecule has 0 aromatic heterocycles. The van der Waals surface area contributed by atoms with Crippen molar-refractivity contribution in [1.82, 2.24) is 10.0 Å². The molecule has 27 heavy (non-hydrogen) atoms. The van der Waals surface area contributed by atoms with Crippen LogP contribution in [0.5, 0.6) is 0 Å². The molecule has 150 valence electrons. The van der Waals surface area contributed by atoms with Gasteiger partial charge in [-0.1, -0.05) is 6.07 Å². The van der Waals surface area contributed by atoms with Crippen LogP contribution in [0.3, 0.4) is 0 Å². The van der Waals surface area contributed by atoms with E-state index in [2.05, 4.69) is 4.72 Å². The molecule has 0 saturated carbocycles. The highest BCUT2D eigenvalue weighted by atomic mass is 32.2.